The lowest BCUT2D eigenvalue weighted by Gasteiger charge is -2.06. The molecule has 0 atom stereocenters. The van der Waals surface area contributed by atoms with E-state index in [1.54, 1.807) is 12.1 Å². The molecule has 5 nitrogen and oxygen atoms in total. The second-order valence-electron chi connectivity index (χ2n) is 4.19. The fraction of sp³-hybridized carbons (Fsp3) is 0.455. The van der Waals surface area contributed by atoms with E-state index >= 15 is 0 Å². The molecule has 1 aromatic rings. The number of nitrogens with zero attached hydrogens (tertiary/aromatic N) is 1. The molecule has 0 aliphatic heterocycles. The van der Waals surface area contributed by atoms with Crippen LogP contribution in [0.1, 0.15) is 19.3 Å². The van der Waals surface area contributed by atoms with Gasteiger partial charge in [0.1, 0.15) is 5.69 Å². The summed E-state index contributed by atoms with van der Waals surface area (Å²) in [5.74, 6) is 0.878. The molecule has 5 heteroatoms. The number of hydrogen-bond acceptors (Lipinski definition) is 4. The number of rotatable bonds is 5. The van der Waals surface area contributed by atoms with Crippen LogP contribution in [-0.2, 0) is 0 Å². The highest BCUT2D eigenvalue weighted by atomic mass is 16.6. The van der Waals surface area contributed by atoms with Gasteiger partial charge >= 0.3 is 0 Å². The van der Waals surface area contributed by atoms with Gasteiger partial charge in [-0.1, -0.05) is 12.8 Å². The fourth-order valence-corrected chi connectivity index (χ4v) is 1.66. The van der Waals surface area contributed by atoms with Crippen LogP contribution in [0.15, 0.2) is 18.2 Å². The van der Waals surface area contributed by atoms with Crippen LogP contribution in [0.2, 0.25) is 0 Å². The lowest BCUT2D eigenvalue weighted by atomic mass is 10.2. The average Bonchev–Trinajstić information content (AvgIpc) is 3.01. The van der Waals surface area contributed by atoms with E-state index in [9.17, 15) is 10.1 Å². The molecule has 0 unspecified atom stereocenters. The molecule has 1 aromatic carbocycles. The molecule has 0 bridgehead atoms. The normalized spacial score (nSPS) is 14.8. The fourth-order valence-electron chi connectivity index (χ4n) is 1.66. The summed E-state index contributed by atoms with van der Waals surface area (Å²) < 4.78 is 0. The van der Waals surface area contributed by atoms with Crippen LogP contribution in [-0.4, -0.2) is 11.5 Å². The first kappa shape index (κ1) is 10.7. The number of anilines is 2. The average molecular weight is 221 g/mol. The molecule has 0 aromatic heterocycles. The molecule has 0 spiro atoms. The largest absolute Gasteiger partial charge is 0.393 e. The van der Waals surface area contributed by atoms with Crippen molar-refractivity contribution in [3.05, 3.63) is 28.3 Å². The zero-order valence-corrected chi connectivity index (χ0v) is 8.98. The molecule has 1 aliphatic carbocycles. The Morgan fingerprint density at radius 1 is 1.50 bits per heavy atom. The SMILES string of the molecule is Nc1cc(NCCC2CC2)ccc1[N+](=O)[O-]. The van der Waals surface area contributed by atoms with Crippen LogP contribution in [0.5, 0.6) is 0 Å². The Labute approximate surface area is 93.8 Å². The molecular formula is C11H15N3O2. The maximum absolute atomic E-state index is 10.5. The van der Waals surface area contributed by atoms with Crippen molar-refractivity contribution in [2.45, 2.75) is 19.3 Å². The summed E-state index contributed by atoms with van der Waals surface area (Å²) in [5.41, 5.74) is 6.61. The van der Waals surface area contributed by atoms with Crippen molar-refractivity contribution < 1.29 is 4.92 Å². The molecule has 16 heavy (non-hydrogen) atoms. The first-order valence-electron chi connectivity index (χ1n) is 5.44. The van der Waals surface area contributed by atoms with Gasteiger partial charge in [-0.15, -0.1) is 0 Å². The Kier molecular flexibility index (Phi) is 2.94. The first-order valence-corrected chi connectivity index (χ1v) is 5.44. The zero-order chi connectivity index (χ0) is 11.5. The van der Waals surface area contributed by atoms with Gasteiger partial charge in [0.2, 0.25) is 0 Å². The number of nitrogens with two attached hydrogens (primary N) is 1. The lowest BCUT2D eigenvalue weighted by Crippen LogP contribution is -2.03. The van der Waals surface area contributed by atoms with E-state index in [0.717, 1.165) is 24.6 Å². The van der Waals surface area contributed by atoms with Crippen molar-refractivity contribution in [1.29, 1.82) is 0 Å². The molecule has 0 amide bonds. The van der Waals surface area contributed by atoms with Gasteiger partial charge in [-0.05, 0) is 24.5 Å². The molecule has 0 heterocycles. The van der Waals surface area contributed by atoms with Crippen molar-refractivity contribution in [3.63, 3.8) is 0 Å². The smallest absolute Gasteiger partial charge is 0.292 e. The van der Waals surface area contributed by atoms with Crippen LogP contribution >= 0.6 is 0 Å². The highest BCUT2D eigenvalue weighted by Gasteiger charge is 2.20. The maximum atomic E-state index is 10.5. The van der Waals surface area contributed by atoms with Gasteiger partial charge < -0.3 is 11.1 Å². The van der Waals surface area contributed by atoms with E-state index in [1.165, 1.54) is 18.9 Å². The maximum Gasteiger partial charge on any atom is 0.292 e. The molecule has 3 N–H and O–H groups in total. The standard InChI is InChI=1S/C11H15N3O2/c12-10-7-9(3-4-11(10)14(15)16)13-6-5-8-1-2-8/h3-4,7-8,13H,1-2,5-6,12H2. The highest BCUT2D eigenvalue weighted by molar-refractivity contribution is 5.65. The molecule has 1 saturated carbocycles. The quantitative estimate of drug-likeness (QED) is 0.454. The summed E-state index contributed by atoms with van der Waals surface area (Å²) >= 11 is 0. The molecule has 2 rings (SSSR count). The van der Waals surface area contributed by atoms with E-state index in [1.807, 2.05) is 0 Å². The van der Waals surface area contributed by atoms with Crippen molar-refractivity contribution in [2.24, 2.45) is 5.92 Å². The van der Waals surface area contributed by atoms with Crippen LogP contribution in [0.3, 0.4) is 0 Å². The molecule has 0 saturated heterocycles. The van der Waals surface area contributed by atoms with Gasteiger partial charge in [0.15, 0.2) is 0 Å². The van der Waals surface area contributed by atoms with Gasteiger partial charge in [-0.25, -0.2) is 0 Å². The monoisotopic (exact) mass is 221 g/mol. The van der Waals surface area contributed by atoms with Crippen LogP contribution in [0.25, 0.3) is 0 Å². The minimum atomic E-state index is -0.469. The van der Waals surface area contributed by atoms with E-state index in [2.05, 4.69) is 5.32 Å². The number of benzene rings is 1. The molecule has 1 aliphatic rings. The second-order valence-corrected chi connectivity index (χ2v) is 4.19. The molecule has 0 radical (unpaired) electrons. The van der Waals surface area contributed by atoms with Gasteiger partial charge in [0, 0.05) is 18.3 Å². The van der Waals surface area contributed by atoms with E-state index < -0.39 is 4.92 Å². The van der Waals surface area contributed by atoms with Gasteiger partial charge in [0.05, 0.1) is 4.92 Å². The number of nitro benzene ring substituents is 1. The molecule has 86 valence electrons. The van der Waals surface area contributed by atoms with E-state index in [4.69, 9.17) is 5.73 Å². The number of nitrogens with one attached hydrogen (secondary N) is 1. The number of nitrogen functional groups attached to an aromatic ring is 1. The Balaban J connectivity index is 1.93. The Morgan fingerprint density at radius 2 is 2.25 bits per heavy atom. The van der Waals surface area contributed by atoms with E-state index in [0.29, 0.717) is 0 Å². The summed E-state index contributed by atoms with van der Waals surface area (Å²) in [5, 5.41) is 13.8. The minimum Gasteiger partial charge on any atom is -0.393 e. The lowest BCUT2D eigenvalue weighted by molar-refractivity contribution is -0.383. The van der Waals surface area contributed by atoms with Gasteiger partial charge in [0.25, 0.3) is 5.69 Å². The summed E-state index contributed by atoms with van der Waals surface area (Å²) in [6, 6.07) is 4.75. The highest BCUT2D eigenvalue weighted by Crippen LogP contribution is 2.32. The topological polar surface area (TPSA) is 81.2 Å². The van der Waals surface area contributed by atoms with Gasteiger partial charge in [-0.3, -0.25) is 10.1 Å². The molecule has 1 fully saturated rings. The zero-order valence-electron chi connectivity index (χ0n) is 8.98. The van der Waals surface area contributed by atoms with Crippen molar-refractivity contribution in [2.75, 3.05) is 17.6 Å². The third-order valence-corrected chi connectivity index (χ3v) is 2.80. The van der Waals surface area contributed by atoms with Crippen molar-refractivity contribution in [3.8, 4) is 0 Å². The minimum absolute atomic E-state index is 0.0345. The van der Waals surface area contributed by atoms with Crippen molar-refractivity contribution in [1.82, 2.24) is 0 Å². The van der Waals surface area contributed by atoms with Crippen molar-refractivity contribution >= 4 is 17.1 Å². The summed E-state index contributed by atoms with van der Waals surface area (Å²) in [7, 11) is 0. The van der Waals surface area contributed by atoms with Crippen LogP contribution in [0, 0.1) is 16.0 Å². The summed E-state index contributed by atoms with van der Waals surface area (Å²) in [6.07, 6.45) is 3.84. The molecular weight excluding hydrogens is 206 g/mol. The summed E-state index contributed by atoms with van der Waals surface area (Å²) in [6.45, 7) is 0.905. The predicted octanol–water partition coefficient (Wildman–Crippen LogP) is 2.39. The van der Waals surface area contributed by atoms with Gasteiger partial charge in [-0.2, -0.15) is 0 Å². The number of nitro groups is 1. The predicted molar refractivity (Wildman–Crippen MR) is 63.3 cm³/mol. The Hall–Kier alpha value is -1.78. The number of hydrogen-bond donors (Lipinski definition) is 2. The van der Waals surface area contributed by atoms with E-state index in [-0.39, 0.29) is 11.4 Å². The Bertz CT molecular complexity index is 402. The third kappa shape index (κ3) is 2.62. The summed E-state index contributed by atoms with van der Waals surface area (Å²) in [4.78, 5) is 10.1. The third-order valence-electron chi connectivity index (χ3n) is 2.80. The second kappa shape index (κ2) is 4.38. The Morgan fingerprint density at radius 3 is 2.81 bits per heavy atom. The van der Waals surface area contributed by atoms with Crippen LogP contribution < -0.4 is 11.1 Å². The first-order chi connectivity index (χ1) is 7.66. The van der Waals surface area contributed by atoms with Crippen LogP contribution in [0.4, 0.5) is 17.1 Å².